The van der Waals surface area contributed by atoms with Crippen molar-refractivity contribution in [3.8, 4) is 34.5 Å². The highest BCUT2D eigenvalue weighted by Crippen LogP contribution is 2.39. The van der Waals surface area contributed by atoms with Crippen LogP contribution in [-0.2, 0) is 45.8 Å². The van der Waals surface area contributed by atoms with E-state index >= 15 is 0 Å². The molecule has 394 valence electrons. The average Bonchev–Trinajstić information content (AvgIpc) is 3.86. The number of nitrogens with one attached hydrogen (secondary N) is 1. The highest BCUT2D eigenvalue weighted by molar-refractivity contribution is 6.74. The normalized spacial score (nSPS) is 14.4. The molecule has 8 rings (SSSR count). The number of ether oxygens (including phenoxy) is 4. The number of amides is 2. The number of pyridine rings is 1. The van der Waals surface area contributed by atoms with Crippen molar-refractivity contribution in [3.63, 3.8) is 0 Å². The lowest BCUT2D eigenvalue weighted by molar-refractivity contribution is -0.134. The number of imide groups is 1. The molecule has 2 amide bonds. The Bertz CT molecular complexity index is 3000. The molecule has 0 spiro atoms. The summed E-state index contributed by atoms with van der Waals surface area (Å²) in [5.74, 6) is 1.66. The summed E-state index contributed by atoms with van der Waals surface area (Å²) in [5, 5.41) is 14.2. The molecule has 0 radical (unpaired) electrons. The average molecular weight is 1040 g/mol. The van der Waals surface area contributed by atoms with Gasteiger partial charge in [0.2, 0.25) is 23.6 Å². The van der Waals surface area contributed by atoms with Gasteiger partial charge >= 0.3 is 0 Å². The lowest BCUT2D eigenvalue weighted by Crippen LogP contribution is -2.41. The van der Waals surface area contributed by atoms with E-state index in [1.807, 2.05) is 122 Å². The van der Waals surface area contributed by atoms with Crippen molar-refractivity contribution >= 4 is 50.3 Å². The van der Waals surface area contributed by atoms with Gasteiger partial charge in [-0.1, -0.05) is 102 Å². The van der Waals surface area contributed by atoms with Crippen molar-refractivity contribution in [1.29, 1.82) is 0 Å². The van der Waals surface area contributed by atoms with E-state index in [0.29, 0.717) is 69.9 Å². The lowest BCUT2D eigenvalue weighted by atomic mass is 9.93. The fourth-order valence-corrected chi connectivity index (χ4v) is 10.1. The molecular weight excluding hydrogens is 965 g/mol. The number of hydrogen-bond acceptors (Lipinski definition) is 11. The summed E-state index contributed by atoms with van der Waals surface area (Å²) in [6.07, 6.45) is 2.50. The van der Waals surface area contributed by atoms with E-state index in [4.69, 9.17) is 37.9 Å². The number of fused-ring (bicyclic) bond motifs is 2. The first kappa shape index (κ1) is 55.4. The standard InChI is InChI=1S/C36H43N3O4Si.C22H33N3O4Si/c1-36(2,3)44(5,6)43-23-13-22-40-29-18-19-30-32(24-29)39(4)38-34(30)31-20-21-33(41-25-27-14-9-7-10-15-27)37-35(31)42-26-28-16-11-8-12-17-28;1-22(2,3)30(5,6)29-13-7-12-28-15-8-9-16-18(14-15)25(4)24-20(16)17-10-11-19(26)23-21(17)27/h7-12,14-21,24H,13,22-23,25-26H2,1-6H3;8-9,14,17H,7,10-13H2,1-6H3,(H,23,26,27). The third-order valence-corrected chi connectivity index (χ3v) is 23.5. The number of nitrogens with zero attached hydrogens (tertiary/aromatic N) is 5. The van der Waals surface area contributed by atoms with Gasteiger partial charge in [-0.2, -0.15) is 15.2 Å². The Balaban J connectivity index is 0.000000233. The summed E-state index contributed by atoms with van der Waals surface area (Å²) in [6.45, 7) is 25.9. The fourth-order valence-electron chi connectivity index (χ4n) is 7.93. The molecule has 1 atom stereocenters. The molecule has 1 aliphatic rings. The van der Waals surface area contributed by atoms with Gasteiger partial charge in [0.1, 0.15) is 30.4 Å². The Kier molecular flexibility index (Phi) is 17.9. The first-order valence-corrected chi connectivity index (χ1v) is 31.6. The Morgan fingerprint density at radius 2 is 1.12 bits per heavy atom. The van der Waals surface area contributed by atoms with Crippen LogP contribution in [0.15, 0.2) is 109 Å². The SMILES string of the molecule is Cn1nc(-c2ccc(OCc3ccccc3)nc2OCc2ccccc2)c2ccc(OCCCO[Si](C)(C)C(C)(C)C)cc21.Cn1nc(C2CCC(=O)NC2=O)c2ccc(OCCCO[Si](C)(C)C(C)(C)C)cc21. The van der Waals surface area contributed by atoms with Crippen molar-refractivity contribution in [2.24, 2.45) is 14.1 Å². The highest BCUT2D eigenvalue weighted by atomic mass is 28.4. The smallest absolute Gasteiger partial charge is 0.235 e. The quantitative estimate of drug-likeness (QED) is 0.0441. The van der Waals surface area contributed by atoms with Gasteiger partial charge in [-0.25, -0.2) is 0 Å². The van der Waals surface area contributed by atoms with Gasteiger partial charge < -0.3 is 27.8 Å². The topological polar surface area (TPSA) is 150 Å². The molecule has 16 heteroatoms. The molecule has 14 nitrogen and oxygen atoms in total. The van der Waals surface area contributed by atoms with Crippen LogP contribution in [0.3, 0.4) is 0 Å². The van der Waals surface area contributed by atoms with E-state index in [1.54, 1.807) is 4.68 Å². The van der Waals surface area contributed by atoms with Gasteiger partial charge in [0.25, 0.3) is 0 Å². The van der Waals surface area contributed by atoms with Crippen LogP contribution in [0.25, 0.3) is 33.1 Å². The molecule has 4 heterocycles. The van der Waals surface area contributed by atoms with Gasteiger partial charge in [0.15, 0.2) is 16.6 Å². The number of carbonyl (C=O) groups is 2. The summed E-state index contributed by atoms with van der Waals surface area (Å²) in [5.41, 5.74) is 6.31. The maximum absolute atomic E-state index is 12.2. The van der Waals surface area contributed by atoms with E-state index in [2.05, 4.69) is 84.2 Å². The van der Waals surface area contributed by atoms with Crippen LogP contribution in [-0.4, -0.2) is 79.4 Å². The summed E-state index contributed by atoms with van der Waals surface area (Å²) in [4.78, 5) is 28.5. The monoisotopic (exact) mass is 1040 g/mol. The van der Waals surface area contributed by atoms with Crippen LogP contribution < -0.4 is 24.3 Å². The first-order valence-electron chi connectivity index (χ1n) is 25.8. The number of piperidine rings is 1. The zero-order chi connectivity index (χ0) is 53.3. The highest BCUT2D eigenvalue weighted by Gasteiger charge is 2.38. The number of aryl methyl sites for hydroxylation is 2. The van der Waals surface area contributed by atoms with Gasteiger partial charge in [0, 0.05) is 75.5 Å². The third-order valence-electron chi connectivity index (χ3n) is 14.4. The second kappa shape index (κ2) is 23.9. The molecule has 1 aliphatic heterocycles. The molecule has 4 aromatic carbocycles. The second-order valence-electron chi connectivity index (χ2n) is 22.0. The molecule has 1 fully saturated rings. The van der Waals surface area contributed by atoms with Crippen LogP contribution >= 0.6 is 0 Å². The van der Waals surface area contributed by atoms with E-state index in [9.17, 15) is 9.59 Å². The minimum atomic E-state index is -1.75. The zero-order valence-electron chi connectivity index (χ0n) is 45.5. The van der Waals surface area contributed by atoms with E-state index in [-0.39, 0.29) is 21.9 Å². The molecule has 1 unspecified atom stereocenters. The molecule has 0 bridgehead atoms. The molecule has 0 saturated carbocycles. The minimum absolute atomic E-state index is 0.202. The van der Waals surface area contributed by atoms with Gasteiger partial charge in [-0.3, -0.25) is 24.3 Å². The molecule has 1 N–H and O–H groups in total. The van der Waals surface area contributed by atoms with Crippen LogP contribution in [0, 0.1) is 0 Å². The summed E-state index contributed by atoms with van der Waals surface area (Å²) in [7, 11) is 0.323. The fraction of sp³-hybridized carbons (Fsp3) is 0.431. The van der Waals surface area contributed by atoms with Crippen LogP contribution in [0.1, 0.15) is 90.0 Å². The maximum Gasteiger partial charge on any atom is 0.235 e. The number of aromatic nitrogens is 5. The van der Waals surface area contributed by atoms with Crippen LogP contribution in [0.2, 0.25) is 36.3 Å². The van der Waals surface area contributed by atoms with E-state index in [0.717, 1.165) is 68.5 Å². The van der Waals surface area contributed by atoms with Crippen molar-refractivity contribution in [2.45, 2.75) is 123 Å². The summed E-state index contributed by atoms with van der Waals surface area (Å²) in [6, 6.07) is 35.9. The summed E-state index contributed by atoms with van der Waals surface area (Å²) >= 11 is 0. The van der Waals surface area contributed by atoms with Gasteiger partial charge in [-0.05, 0) is 84.1 Å². The van der Waals surface area contributed by atoms with Crippen molar-refractivity contribution in [3.05, 3.63) is 126 Å². The molecule has 1 saturated heterocycles. The Morgan fingerprint density at radius 3 is 1.66 bits per heavy atom. The Hall–Kier alpha value is -6.34. The van der Waals surface area contributed by atoms with E-state index in [1.165, 1.54) is 0 Å². The van der Waals surface area contributed by atoms with Crippen molar-refractivity contribution in [2.75, 3.05) is 26.4 Å². The number of carbonyl (C=O) groups excluding carboxylic acids is 2. The van der Waals surface area contributed by atoms with Crippen LogP contribution in [0.5, 0.6) is 23.3 Å². The van der Waals surface area contributed by atoms with Gasteiger partial charge in [0.05, 0.1) is 41.4 Å². The van der Waals surface area contributed by atoms with Crippen LogP contribution in [0.4, 0.5) is 0 Å². The number of hydrogen-bond donors (Lipinski definition) is 1. The maximum atomic E-state index is 12.2. The lowest BCUT2D eigenvalue weighted by Gasteiger charge is -2.36. The Morgan fingerprint density at radius 1 is 0.608 bits per heavy atom. The molecule has 7 aromatic rings. The third kappa shape index (κ3) is 14.1. The molecule has 0 aliphatic carbocycles. The molecule has 3 aromatic heterocycles. The van der Waals surface area contributed by atoms with Crippen molar-refractivity contribution in [1.82, 2.24) is 29.9 Å². The Labute approximate surface area is 439 Å². The molecular formula is C58H76N6O8Si2. The summed E-state index contributed by atoms with van der Waals surface area (Å²) < 4.78 is 40.5. The van der Waals surface area contributed by atoms with Crippen molar-refractivity contribution < 1.29 is 37.4 Å². The predicted molar refractivity (Wildman–Crippen MR) is 298 cm³/mol. The second-order valence-corrected chi connectivity index (χ2v) is 31.6. The molecule has 74 heavy (non-hydrogen) atoms. The number of rotatable bonds is 20. The predicted octanol–water partition coefficient (Wildman–Crippen LogP) is 12.5. The number of benzene rings is 4. The largest absolute Gasteiger partial charge is 0.493 e. The van der Waals surface area contributed by atoms with E-state index < -0.39 is 22.6 Å². The first-order chi connectivity index (χ1) is 35.1. The zero-order valence-corrected chi connectivity index (χ0v) is 47.5. The minimum Gasteiger partial charge on any atom is -0.493 e. The van der Waals surface area contributed by atoms with Gasteiger partial charge in [-0.15, -0.1) is 0 Å².